The summed E-state index contributed by atoms with van der Waals surface area (Å²) >= 11 is 0. The maximum Gasteiger partial charge on any atom is 0.168 e. The Labute approximate surface area is 226 Å². The largest absolute Gasteiger partial charge is 0.490 e. The molecule has 1 aliphatic heterocycles. The fraction of sp³-hybridized carbons (Fsp3) is 0.433. The smallest absolute Gasteiger partial charge is 0.168 e. The van der Waals surface area contributed by atoms with E-state index in [0.717, 1.165) is 36.7 Å². The number of rotatable bonds is 10. The molecule has 0 amide bonds. The number of anilines is 1. The van der Waals surface area contributed by atoms with Crippen LogP contribution in [-0.2, 0) is 0 Å². The van der Waals surface area contributed by atoms with Crippen LogP contribution in [0.25, 0.3) is 0 Å². The lowest BCUT2D eigenvalue weighted by molar-refractivity contribution is 0.147. The van der Waals surface area contributed by atoms with E-state index in [9.17, 15) is 8.78 Å². The molecular formula is C30H37F2N4OP. The Hall–Kier alpha value is -2.92. The number of hydrogen-bond acceptors (Lipinski definition) is 5. The molecular weight excluding hydrogens is 501 g/mol. The first kappa shape index (κ1) is 28.1. The quantitative estimate of drug-likeness (QED) is 0.186. The van der Waals surface area contributed by atoms with Gasteiger partial charge in [-0.15, -0.1) is 9.24 Å². The first-order valence-electron chi connectivity index (χ1n) is 13.2. The Morgan fingerprint density at radius 1 is 1.16 bits per heavy atom. The number of hydrogen-bond donors (Lipinski definition) is 4. The molecule has 0 bridgehead atoms. The van der Waals surface area contributed by atoms with Crippen molar-refractivity contribution in [1.82, 2.24) is 0 Å². The van der Waals surface area contributed by atoms with Crippen LogP contribution in [0.1, 0.15) is 64.0 Å². The molecule has 4 atom stereocenters. The summed E-state index contributed by atoms with van der Waals surface area (Å²) in [7, 11) is 2.86. The normalized spacial score (nSPS) is 19.4. The van der Waals surface area contributed by atoms with E-state index in [2.05, 4.69) is 20.6 Å². The van der Waals surface area contributed by atoms with E-state index in [-0.39, 0.29) is 46.0 Å². The average Bonchev–Trinajstić information content (AvgIpc) is 3.64. The Morgan fingerprint density at radius 3 is 2.37 bits per heavy atom. The van der Waals surface area contributed by atoms with Crippen molar-refractivity contribution in [1.29, 1.82) is 16.2 Å². The minimum absolute atomic E-state index is 0.0104. The van der Waals surface area contributed by atoms with Gasteiger partial charge >= 0.3 is 0 Å². The molecule has 8 heteroatoms. The van der Waals surface area contributed by atoms with Crippen molar-refractivity contribution < 1.29 is 13.5 Å². The lowest BCUT2D eigenvalue weighted by Gasteiger charge is -2.43. The van der Waals surface area contributed by atoms with Crippen LogP contribution in [0.15, 0.2) is 48.2 Å². The van der Waals surface area contributed by atoms with Crippen LogP contribution < -0.4 is 10.1 Å². The van der Waals surface area contributed by atoms with Crippen molar-refractivity contribution in [3.63, 3.8) is 0 Å². The number of ether oxygens (including phenoxy) is 1. The molecule has 2 aliphatic rings. The molecule has 0 aromatic heterocycles. The molecule has 1 aliphatic carbocycles. The maximum atomic E-state index is 14.9. The van der Waals surface area contributed by atoms with Crippen molar-refractivity contribution in [2.24, 2.45) is 17.3 Å². The summed E-state index contributed by atoms with van der Waals surface area (Å²) in [5, 5.41) is 28.4. The Kier molecular flexibility index (Phi) is 8.17. The van der Waals surface area contributed by atoms with Gasteiger partial charge in [-0.2, -0.15) is 0 Å². The molecule has 2 aromatic carbocycles. The van der Waals surface area contributed by atoms with Crippen molar-refractivity contribution >= 4 is 32.1 Å². The molecule has 0 radical (unpaired) electrons. The van der Waals surface area contributed by atoms with Crippen LogP contribution in [0.2, 0.25) is 0 Å². The van der Waals surface area contributed by atoms with Crippen molar-refractivity contribution in [2.45, 2.75) is 58.5 Å². The van der Waals surface area contributed by atoms with Crippen LogP contribution in [0.5, 0.6) is 5.75 Å². The van der Waals surface area contributed by atoms with Crippen LogP contribution in [0.3, 0.4) is 0 Å². The third-order valence-electron chi connectivity index (χ3n) is 7.78. The highest BCUT2D eigenvalue weighted by molar-refractivity contribution is 7.19. The highest BCUT2D eigenvalue weighted by atomic mass is 31.0. The third-order valence-corrected chi connectivity index (χ3v) is 8.55. The minimum atomic E-state index is -0.688. The highest BCUT2D eigenvalue weighted by Crippen LogP contribution is 2.64. The number of nitrogens with one attached hydrogen (secondary N) is 4. The second-order valence-corrected chi connectivity index (χ2v) is 11.6. The molecule has 4 N–H and O–H groups in total. The zero-order valence-electron chi connectivity index (χ0n) is 22.4. The molecule has 1 heterocycles. The highest BCUT2D eigenvalue weighted by Gasteiger charge is 2.58. The van der Waals surface area contributed by atoms with Gasteiger partial charge < -0.3 is 20.9 Å². The third kappa shape index (κ3) is 5.44. The summed E-state index contributed by atoms with van der Waals surface area (Å²) in [4.78, 5) is 0. The SMILES string of the molecule is CC/C=C(/Nc1ccc(C(=N)C(C)=N)cc1)C(C(P)C(=N)C(C)C)C1c2cc(F)cc(F)c2OCC12CC2. The van der Waals surface area contributed by atoms with Crippen molar-refractivity contribution in [2.75, 3.05) is 11.9 Å². The van der Waals surface area contributed by atoms with Gasteiger partial charge in [-0.25, -0.2) is 8.78 Å². The van der Waals surface area contributed by atoms with Crippen LogP contribution in [-0.4, -0.2) is 29.4 Å². The molecule has 1 fully saturated rings. The second-order valence-electron chi connectivity index (χ2n) is 10.9. The van der Waals surface area contributed by atoms with E-state index in [1.165, 1.54) is 6.07 Å². The van der Waals surface area contributed by atoms with Gasteiger partial charge in [0.05, 0.1) is 18.0 Å². The first-order valence-corrected chi connectivity index (χ1v) is 13.8. The molecule has 4 rings (SSSR count). The Morgan fingerprint density at radius 2 is 1.82 bits per heavy atom. The van der Waals surface area contributed by atoms with Crippen LogP contribution in [0.4, 0.5) is 14.5 Å². The second kappa shape index (κ2) is 11.1. The summed E-state index contributed by atoms with van der Waals surface area (Å²) < 4.78 is 35.4. The zero-order valence-corrected chi connectivity index (χ0v) is 23.6. The average molecular weight is 539 g/mol. The lowest BCUT2D eigenvalue weighted by atomic mass is 9.69. The predicted octanol–water partition coefficient (Wildman–Crippen LogP) is 7.57. The van der Waals surface area contributed by atoms with E-state index in [0.29, 0.717) is 23.4 Å². The maximum absolute atomic E-state index is 14.9. The molecule has 2 aromatic rings. The van der Waals surface area contributed by atoms with Crippen molar-refractivity contribution in [3.05, 3.63) is 70.9 Å². The van der Waals surface area contributed by atoms with Gasteiger partial charge in [0.2, 0.25) is 0 Å². The fourth-order valence-electron chi connectivity index (χ4n) is 5.54. The van der Waals surface area contributed by atoms with Gasteiger partial charge in [-0.3, -0.25) is 5.41 Å². The number of halogens is 2. The summed E-state index contributed by atoms with van der Waals surface area (Å²) in [6.07, 6.45) is 4.64. The van der Waals surface area contributed by atoms with E-state index >= 15 is 0 Å². The first-order chi connectivity index (χ1) is 18.0. The molecule has 1 spiro atoms. The van der Waals surface area contributed by atoms with Gasteiger partial charge in [0.1, 0.15) is 5.82 Å². The monoisotopic (exact) mass is 538 g/mol. The standard InChI is InChI=1S/C30H37F2N4OP/c1-5-6-23(36-20-9-7-18(8-10-20)27(35)17(4)33)24(29(38)26(34)16(2)3)25-21-13-19(31)14-22(32)28(21)37-15-30(25)11-12-30/h6-10,13-14,16,24-25,29,33-36H,5,11-12,15,38H2,1-4H3/b23-6+,33-17?,34-26?,35-27?. The molecule has 38 heavy (non-hydrogen) atoms. The van der Waals surface area contributed by atoms with Crippen LogP contribution in [0, 0.1) is 45.1 Å². The van der Waals surface area contributed by atoms with Gasteiger partial charge in [0.25, 0.3) is 0 Å². The van der Waals surface area contributed by atoms with Crippen molar-refractivity contribution in [3.8, 4) is 5.75 Å². The predicted molar refractivity (Wildman–Crippen MR) is 154 cm³/mol. The molecule has 4 unspecified atom stereocenters. The lowest BCUT2D eigenvalue weighted by Crippen LogP contribution is -2.41. The van der Waals surface area contributed by atoms with E-state index in [4.69, 9.17) is 21.0 Å². The fourth-order valence-corrected chi connectivity index (χ4v) is 6.36. The minimum Gasteiger partial charge on any atom is -0.490 e. The van der Waals surface area contributed by atoms with Gasteiger partial charge in [0.15, 0.2) is 11.6 Å². The molecule has 0 saturated heterocycles. The molecule has 5 nitrogen and oxygen atoms in total. The van der Waals surface area contributed by atoms with E-state index in [1.54, 1.807) is 6.92 Å². The van der Waals surface area contributed by atoms with Gasteiger partial charge in [0, 0.05) is 57.2 Å². The number of benzene rings is 2. The van der Waals surface area contributed by atoms with Gasteiger partial charge in [-0.05, 0) is 50.3 Å². The summed E-state index contributed by atoms with van der Waals surface area (Å²) in [6.45, 7) is 8.00. The molecule has 202 valence electrons. The zero-order chi connectivity index (χ0) is 27.8. The Balaban J connectivity index is 1.82. The van der Waals surface area contributed by atoms with E-state index < -0.39 is 11.6 Å². The summed E-state index contributed by atoms with van der Waals surface area (Å²) in [5.41, 5.74) is 3.33. The topological polar surface area (TPSA) is 92.8 Å². The van der Waals surface area contributed by atoms with E-state index in [1.807, 2.05) is 45.0 Å². The number of allylic oxidation sites excluding steroid dienone is 2. The van der Waals surface area contributed by atoms with Crippen LogP contribution >= 0.6 is 9.24 Å². The summed E-state index contributed by atoms with van der Waals surface area (Å²) in [5.74, 6) is -1.69. The van der Waals surface area contributed by atoms with Gasteiger partial charge in [-0.1, -0.05) is 39.0 Å². The Bertz CT molecular complexity index is 1280. The summed E-state index contributed by atoms with van der Waals surface area (Å²) in [6, 6.07) is 9.67. The molecule has 1 saturated carbocycles. The number of fused-ring (bicyclic) bond motifs is 1.